The van der Waals surface area contributed by atoms with Gasteiger partial charge in [0.05, 0.1) is 23.7 Å². The van der Waals surface area contributed by atoms with Crippen molar-refractivity contribution in [2.45, 2.75) is 98.4 Å². The highest BCUT2D eigenvalue weighted by molar-refractivity contribution is 7.91. The van der Waals surface area contributed by atoms with Crippen LogP contribution in [0.15, 0.2) is 35.9 Å². The van der Waals surface area contributed by atoms with Gasteiger partial charge in [-0.1, -0.05) is 52.7 Å². The minimum absolute atomic E-state index is 0.0552. The molecule has 3 heterocycles. The van der Waals surface area contributed by atoms with Gasteiger partial charge in [-0.05, 0) is 103 Å². The molecule has 2 aliphatic carbocycles. The second-order valence-electron chi connectivity index (χ2n) is 14.6. The molecule has 1 N–H and O–H groups in total. The van der Waals surface area contributed by atoms with Crippen molar-refractivity contribution in [3.05, 3.63) is 52.9 Å². The molecule has 0 radical (unpaired) electrons. The molecule has 0 unspecified atom stereocenters. The minimum Gasteiger partial charge on any atom is -0.377 e. The molecule has 0 aromatic carbocycles. The molecule has 3 fully saturated rings. The molecule has 2 aliphatic heterocycles. The van der Waals surface area contributed by atoms with Crippen LogP contribution in [0.1, 0.15) is 107 Å². The van der Waals surface area contributed by atoms with E-state index >= 15 is 0 Å². The molecular weight excluding hydrogens is 544 g/mol. The van der Waals surface area contributed by atoms with Crippen LogP contribution in [0.3, 0.4) is 0 Å². The lowest BCUT2D eigenvalue weighted by atomic mass is 9.84. The van der Waals surface area contributed by atoms with Gasteiger partial charge in [0.25, 0.3) is 5.91 Å². The number of rotatable bonds is 6. The van der Waals surface area contributed by atoms with Crippen molar-refractivity contribution in [2.75, 3.05) is 31.3 Å². The number of allylic oxidation sites excluding steroid dienone is 4. The van der Waals surface area contributed by atoms with E-state index in [0.717, 1.165) is 54.9 Å². The summed E-state index contributed by atoms with van der Waals surface area (Å²) in [7, 11) is -2.92. The van der Waals surface area contributed by atoms with Gasteiger partial charge in [-0.2, -0.15) is 0 Å². The maximum Gasteiger partial charge on any atom is 0.253 e. The number of amides is 1. The topological polar surface area (TPSA) is 77.4 Å². The van der Waals surface area contributed by atoms with Crippen LogP contribution < -0.4 is 5.32 Å². The van der Waals surface area contributed by atoms with Gasteiger partial charge in [0.2, 0.25) is 0 Å². The Hall–Kier alpha value is -2.12. The number of sulfone groups is 1. The van der Waals surface area contributed by atoms with Gasteiger partial charge in [0, 0.05) is 31.1 Å². The van der Waals surface area contributed by atoms with Crippen molar-refractivity contribution in [3.8, 4) is 0 Å². The zero-order valence-corrected chi connectivity index (χ0v) is 27.2. The Morgan fingerprint density at radius 2 is 1.74 bits per heavy atom. The van der Waals surface area contributed by atoms with Gasteiger partial charge in [-0.25, -0.2) is 8.42 Å². The number of carbonyl (C=O) groups is 1. The third kappa shape index (κ3) is 7.32. The SMILES string of the molecule is C=C1/C=C(c2cc(C(=O)NCC3CCS(=O)(=O)CC3)c(C)n2CC2CCCCC2)\C=C(\C(C)(C)C)COCCC12CC2. The average molecular weight is 597 g/mol. The number of ether oxygens (including phenoxy) is 1. The van der Waals surface area contributed by atoms with Crippen LogP contribution in [0, 0.1) is 29.6 Å². The largest absolute Gasteiger partial charge is 0.377 e. The molecular formula is C35H52N2O4S. The van der Waals surface area contributed by atoms with Crippen LogP contribution >= 0.6 is 0 Å². The van der Waals surface area contributed by atoms with E-state index in [1.165, 1.54) is 43.3 Å². The fraction of sp³-hybridized carbons (Fsp3) is 0.686. The molecule has 42 heavy (non-hydrogen) atoms. The maximum absolute atomic E-state index is 13.7. The van der Waals surface area contributed by atoms with Gasteiger partial charge in [-0.15, -0.1) is 0 Å². The highest BCUT2D eigenvalue weighted by Crippen LogP contribution is 2.55. The lowest BCUT2D eigenvalue weighted by molar-refractivity contribution is 0.0945. The fourth-order valence-electron chi connectivity index (χ4n) is 6.98. The van der Waals surface area contributed by atoms with Gasteiger partial charge < -0.3 is 14.6 Å². The predicted octanol–water partition coefficient (Wildman–Crippen LogP) is 7.04. The number of hydrogen-bond acceptors (Lipinski definition) is 4. The standard InChI is InChI=1S/C35H52N2O4S/c1-25-19-29(20-30(34(3,4)5)24-41-16-15-35(25)13-14-35)32-21-31(26(2)37(32)23-28-9-7-6-8-10-28)33(38)36-22-27-11-17-42(39,40)18-12-27/h19-21,27-28H,1,6-18,22-24H2,2-5H3,(H,36,38)/b29-19+,30-20+. The van der Waals surface area contributed by atoms with Gasteiger partial charge in [0.1, 0.15) is 9.84 Å². The first-order valence-electron chi connectivity index (χ1n) is 16.3. The van der Waals surface area contributed by atoms with E-state index in [1.807, 2.05) is 0 Å². The molecule has 0 atom stereocenters. The minimum atomic E-state index is -2.92. The summed E-state index contributed by atoms with van der Waals surface area (Å²) in [5.74, 6) is 1.19. The zero-order valence-electron chi connectivity index (χ0n) is 26.4. The van der Waals surface area contributed by atoms with Gasteiger partial charge in [0.15, 0.2) is 0 Å². The molecule has 6 nitrogen and oxygen atoms in total. The second kappa shape index (κ2) is 12.5. The summed E-state index contributed by atoms with van der Waals surface area (Å²) >= 11 is 0. The van der Waals surface area contributed by atoms with Gasteiger partial charge >= 0.3 is 0 Å². The predicted molar refractivity (Wildman–Crippen MR) is 171 cm³/mol. The third-order valence-electron chi connectivity index (χ3n) is 10.4. The summed E-state index contributed by atoms with van der Waals surface area (Å²) in [6.45, 7) is 16.2. The van der Waals surface area contributed by atoms with Crippen LogP contribution in [0.2, 0.25) is 0 Å². The monoisotopic (exact) mass is 596 g/mol. The van der Waals surface area contributed by atoms with E-state index in [-0.39, 0.29) is 34.2 Å². The average Bonchev–Trinajstić information content (AvgIpc) is 3.66. The van der Waals surface area contributed by atoms with Gasteiger partial charge in [-0.3, -0.25) is 4.79 Å². The molecule has 1 amide bonds. The van der Waals surface area contributed by atoms with Crippen molar-refractivity contribution < 1.29 is 17.9 Å². The molecule has 5 rings (SSSR count). The Kier molecular flexibility index (Phi) is 9.30. The van der Waals surface area contributed by atoms with Crippen molar-refractivity contribution in [2.24, 2.45) is 22.7 Å². The van der Waals surface area contributed by atoms with Crippen LogP contribution in [0.25, 0.3) is 5.57 Å². The van der Waals surface area contributed by atoms with E-state index in [9.17, 15) is 13.2 Å². The zero-order chi connectivity index (χ0) is 30.1. The fourth-order valence-corrected chi connectivity index (χ4v) is 8.57. The smallest absolute Gasteiger partial charge is 0.253 e. The van der Waals surface area contributed by atoms with Crippen molar-refractivity contribution in [3.63, 3.8) is 0 Å². The Labute approximate surface area is 254 Å². The molecule has 2 saturated carbocycles. The third-order valence-corrected chi connectivity index (χ3v) is 12.2. The number of aromatic nitrogens is 1. The van der Waals surface area contributed by atoms with Crippen LogP contribution in [0.5, 0.6) is 0 Å². The van der Waals surface area contributed by atoms with E-state index in [4.69, 9.17) is 4.74 Å². The summed E-state index contributed by atoms with van der Waals surface area (Å²) in [5.41, 5.74) is 6.44. The van der Waals surface area contributed by atoms with E-state index in [1.54, 1.807) is 0 Å². The van der Waals surface area contributed by atoms with Crippen molar-refractivity contribution in [1.29, 1.82) is 0 Å². The Bertz CT molecular complexity index is 1330. The highest BCUT2D eigenvalue weighted by Gasteiger charge is 2.44. The van der Waals surface area contributed by atoms with Crippen LogP contribution in [-0.2, 0) is 21.1 Å². The normalized spacial score (nSPS) is 26.2. The molecule has 1 saturated heterocycles. The number of hydrogen-bond donors (Lipinski definition) is 1. The second-order valence-corrected chi connectivity index (χ2v) is 16.9. The van der Waals surface area contributed by atoms with Crippen LogP contribution in [-0.4, -0.2) is 50.2 Å². The van der Waals surface area contributed by atoms with E-state index < -0.39 is 9.84 Å². The first-order chi connectivity index (χ1) is 19.9. The number of nitrogens with zero attached hydrogens (tertiary/aromatic N) is 1. The van der Waals surface area contributed by atoms with Crippen molar-refractivity contribution >= 4 is 21.3 Å². The summed E-state index contributed by atoms with van der Waals surface area (Å²) in [6.07, 6.45) is 15.5. The van der Waals surface area contributed by atoms with Crippen LogP contribution in [0.4, 0.5) is 0 Å². The number of carbonyl (C=O) groups excluding carboxylic acids is 1. The molecule has 7 heteroatoms. The molecule has 1 aromatic heterocycles. The molecule has 232 valence electrons. The summed E-state index contributed by atoms with van der Waals surface area (Å²) in [6, 6.07) is 2.10. The first-order valence-corrected chi connectivity index (χ1v) is 18.1. The molecule has 1 spiro atoms. The lowest BCUT2D eigenvalue weighted by Crippen LogP contribution is -2.34. The lowest BCUT2D eigenvalue weighted by Gasteiger charge is -2.27. The first kappa shape index (κ1) is 31.3. The Balaban J connectivity index is 1.51. The Morgan fingerprint density at radius 3 is 2.38 bits per heavy atom. The quantitative estimate of drug-likeness (QED) is 0.382. The summed E-state index contributed by atoms with van der Waals surface area (Å²) < 4.78 is 32.4. The molecule has 4 aliphatic rings. The molecule has 1 aromatic rings. The van der Waals surface area contributed by atoms with Crippen molar-refractivity contribution in [1.82, 2.24) is 9.88 Å². The number of nitrogens with one attached hydrogen (secondary N) is 1. The summed E-state index contributed by atoms with van der Waals surface area (Å²) in [4.78, 5) is 13.7. The summed E-state index contributed by atoms with van der Waals surface area (Å²) in [5, 5.41) is 3.17. The highest BCUT2D eigenvalue weighted by atomic mass is 32.2. The maximum atomic E-state index is 13.7. The van der Waals surface area contributed by atoms with E-state index in [0.29, 0.717) is 31.9 Å². The Morgan fingerprint density at radius 1 is 1.05 bits per heavy atom. The van der Waals surface area contributed by atoms with E-state index in [2.05, 4.69) is 62.4 Å². The molecule has 0 bridgehead atoms.